The van der Waals surface area contributed by atoms with E-state index >= 15 is 0 Å². The molecule has 2 aliphatic rings. The monoisotopic (exact) mass is 311 g/mol. The predicted molar refractivity (Wildman–Crippen MR) is 73.7 cm³/mol. The summed E-state index contributed by atoms with van der Waals surface area (Å²) in [7, 11) is 0. The van der Waals surface area contributed by atoms with Crippen LogP contribution in [0.3, 0.4) is 0 Å². The highest BCUT2D eigenvalue weighted by Crippen LogP contribution is 2.35. The van der Waals surface area contributed by atoms with Gasteiger partial charge in [-0.1, -0.05) is 15.9 Å². The Balaban J connectivity index is 1.63. The Morgan fingerprint density at radius 2 is 2.22 bits per heavy atom. The van der Waals surface area contributed by atoms with Gasteiger partial charge in [-0.15, -0.1) is 0 Å². The number of halogens is 1. The van der Waals surface area contributed by atoms with Crippen molar-refractivity contribution in [3.05, 3.63) is 27.7 Å². The summed E-state index contributed by atoms with van der Waals surface area (Å²) >= 11 is 3.55. The van der Waals surface area contributed by atoms with E-state index < -0.39 is 0 Å². The molecule has 0 unspecified atom stereocenters. The molecule has 0 saturated heterocycles. The number of rotatable bonds is 4. The van der Waals surface area contributed by atoms with E-state index in [-0.39, 0.29) is 0 Å². The zero-order valence-electron chi connectivity index (χ0n) is 10.3. The summed E-state index contributed by atoms with van der Waals surface area (Å²) in [5, 5.41) is 0. The van der Waals surface area contributed by atoms with Crippen LogP contribution in [-0.4, -0.2) is 19.3 Å². The summed E-state index contributed by atoms with van der Waals surface area (Å²) in [6, 6.07) is 4.24. The lowest BCUT2D eigenvalue weighted by Crippen LogP contribution is -2.35. The van der Waals surface area contributed by atoms with Crippen molar-refractivity contribution in [1.82, 2.24) is 0 Å². The summed E-state index contributed by atoms with van der Waals surface area (Å²) in [6.07, 6.45) is 3.59. The maximum atomic E-state index is 5.92. The third kappa shape index (κ3) is 2.42. The first-order valence-corrected chi connectivity index (χ1v) is 7.31. The van der Waals surface area contributed by atoms with Crippen LogP contribution in [-0.2, 0) is 17.8 Å². The molecule has 1 saturated carbocycles. The molecule has 0 aromatic heterocycles. The second-order valence-corrected chi connectivity index (χ2v) is 6.07. The fourth-order valence-electron chi connectivity index (χ4n) is 2.66. The minimum atomic E-state index is 0.384. The smallest absolute Gasteiger partial charge is 0.128 e. The molecule has 1 aliphatic heterocycles. The third-order valence-corrected chi connectivity index (χ3v) is 4.28. The topological polar surface area (TPSA) is 44.5 Å². The molecular weight excluding hydrogens is 294 g/mol. The summed E-state index contributed by atoms with van der Waals surface area (Å²) in [4.78, 5) is 0. The molecule has 3 rings (SSSR count). The second-order valence-electron chi connectivity index (χ2n) is 5.16. The van der Waals surface area contributed by atoms with Crippen LogP contribution in [0.2, 0.25) is 0 Å². The minimum absolute atomic E-state index is 0.384. The van der Waals surface area contributed by atoms with Crippen molar-refractivity contribution in [2.75, 3.05) is 13.2 Å². The van der Waals surface area contributed by atoms with Gasteiger partial charge in [0, 0.05) is 16.5 Å². The Bertz CT molecular complexity index is 444. The molecule has 1 aromatic carbocycles. The quantitative estimate of drug-likeness (QED) is 0.929. The zero-order valence-corrected chi connectivity index (χ0v) is 11.9. The fourth-order valence-corrected chi connectivity index (χ4v) is 3.22. The van der Waals surface area contributed by atoms with Crippen molar-refractivity contribution in [3.63, 3.8) is 0 Å². The molecular formula is C14H18BrNO2. The molecule has 4 heteroatoms. The molecule has 0 spiro atoms. The van der Waals surface area contributed by atoms with Gasteiger partial charge in [0.25, 0.3) is 0 Å². The average molecular weight is 312 g/mol. The summed E-state index contributed by atoms with van der Waals surface area (Å²) in [6.45, 7) is 2.22. The molecule has 1 heterocycles. The molecule has 0 atom stereocenters. The van der Waals surface area contributed by atoms with Gasteiger partial charge in [0.15, 0.2) is 0 Å². The van der Waals surface area contributed by atoms with Crippen LogP contribution in [0.1, 0.15) is 24.0 Å². The average Bonchev–Trinajstić information content (AvgIpc) is 2.74. The van der Waals surface area contributed by atoms with Crippen LogP contribution in [0, 0.1) is 5.92 Å². The van der Waals surface area contributed by atoms with Crippen molar-refractivity contribution < 1.29 is 9.47 Å². The molecule has 1 aromatic rings. The van der Waals surface area contributed by atoms with E-state index in [0.717, 1.165) is 48.2 Å². The van der Waals surface area contributed by atoms with E-state index in [1.165, 1.54) is 5.56 Å². The Morgan fingerprint density at radius 3 is 3.00 bits per heavy atom. The number of nitrogens with two attached hydrogens (primary N) is 1. The maximum Gasteiger partial charge on any atom is 0.128 e. The summed E-state index contributed by atoms with van der Waals surface area (Å²) in [5.74, 6) is 1.70. The van der Waals surface area contributed by atoms with Crippen molar-refractivity contribution in [1.29, 1.82) is 0 Å². The zero-order chi connectivity index (χ0) is 12.5. The number of ether oxygens (including phenoxy) is 2. The molecule has 1 fully saturated rings. The van der Waals surface area contributed by atoms with Crippen LogP contribution < -0.4 is 10.5 Å². The van der Waals surface area contributed by atoms with Crippen LogP contribution >= 0.6 is 15.9 Å². The Labute approximate surface area is 116 Å². The van der Waals surface area contributed by atoms with Crippen LogP contribution in [0.4, 0.5) is 0 Å². The van der Waals surface area contributed by atoms with Crippen molar-refractivity contribution in [2.45, 2.75) is 32.0 Å². The molecule has 18 heavy (non-hydrogen) atoms. The molecule has 98 valence electrons. The van der Waals surface area contributed by atoms with Gasteiger partial charge < -0.3 is 15.2 Å². The minimum Gasteiger partial charge on any atom is -0.493 e. The van der Waals surface area contributed by atoms with Gasteiger partial charge in [0.05, 0.1) is 19.3 Å². The summed E-state index contributed by atoms with van der Waals surface area (Å²) in [5.41, 5.74) is 8.06. The van der Waals surface area contributed by atoms with Crippen molar-refractivity contribution in [3.8, 4) is 5.75 Å². The largest absolute Gasteiger partial charge is 0.493 e. The highest BCUT2D eigenvalue weighted by Gasteiger charge is 2.29. The normalized spacial score (nSPS) is 25.4. The summed E-state index contributed by atoms with van der Waals surface area (Å²) < 4.78 is 12.7. The van der Waals surface area contributed by atoms with E-state index in [0.29, 0.717) is 18.6 Å². The van der Waals surface area contributed by atoms with Gasteiger partial charge in [0.1, 0.15) is 5.75 Å². The number of hydrogen-bond donors (Lipinski definition) is 1. The molecule has 3 nitrogen and oxygen atoms in total. The van der Waals surface area contributed by atoms with Crippen LogP contribution in [0.25, 0.3) is 0 Å². The first-order valence-electron chi connectivity index (χ1n) is 6.52. The van der Waals surface area contributed by atoms with E-state index in [1.54, 1.807) is 0 Å². The second kappa shape index (κ2) is 5.19. The van der Waals surface area contributed by atoms with Crippen molar-refractivity contribution >= 4 is 15.9 Å². The molecule has 2 N–H and O–H groups in total. The first kappa shape index (κ1) is 12.5. The Morgan fingerprint density at radius 1 is 1.39 bits per heavy atom. The Hall–Kier alpha value is -0.580. The molecule has 1 aliphatic carbocycles. The van der Waals surface area contributed by atoms with Crippen LogP contribution in [0.5, 0.6) is 5.75 Å². The van der Waals surface area contributed by atoms with Gasteiger partial charge in [-0.2, -0.15) is 0 Å². The molecule has 0 radical (unpaired) electrons. The number of benzene rings is 1. The number of fused-ring (bicyclic) bond motifs is 1. The van der Waals surface area contributed by atoms with E-state index in [2.05, 4.69) is 28.1 Å². The highest BCUT2D eigenvalue weighted by atomic mass is 79.9. The highest BCUT2D eigenvalue weighted by molar-refractivity contribution is 9.10. The van der Waals surface area contributed by atoms with Crippen LogP contribution in [0.15, 0.2) is 16.6 Å². The lowest BCUT2D eigenvalue weighted by Gasteiger charge is -2.34. The van der Waals surface area contributed by atoms with Gasteiger partial charge in [-0.25, -0.2) is 0 Å². The van der Waals surface area contributed by atoms with E-state index in [1.807, 2.05) is 0 Å². The first-order chi connectivity index (χ1) is 8.76. The Kier molecular flexibility index (Phi) is 3.59. The van der Waals surface area contributed by atoms with Gasteiger partial charge in [-0.3, -0.25) is 0 Å². The van der Waals surface area contributed by atoms with Gasteiger partial charge in [0.2, 0.25) is 0 Å². The SMILES string of the molecule is NCC1CC(OCc2cc(Br)cc3c2OCC3)C1. The van der Waals surface area contributed by atoms with Crippen molar-refractivity contribution in [2.24, 2.45) is 11.7 Å². The lowest BCUT2D eigenvalue weighted by atomic mass is 9.82. The molecule has 0 amide bonds. The fraction of sp³-hybridized carbons (Fsp3) is 0.571. The lowest BCUT2D eigenvalue weighted by molar-refractivity contribution is -0.0381. The van der Waals surface area contributed by atoms with Gasteiger partial charge in [-0.05, 0) is 43.0 Å². The van der Waals surface area contributed by atoms with E-state index in [9.17, 15) is 0 Å². The number of hydrogen-bond acceptors (Lipinski definition) is 3. The standard InChI is InChI=1S/C14H18BrNO2/c15-12-5-10-1-2-17-14(10)11(6-12)8-18-13-3-9(4-13)7-16/h5-6,9,13H,1-4,7-8,16H2. The van der Waals surface area contributed by atoms with E-state index in [4.69, 9.17) is 15.2 Å². The third-order valence-electron chi connectivity index (χ3n) is 3.83. The predicted octanol–water partition coefficient (Wildman–Crippen LogP) is 2.64. The molecule has 0 bridgehead atoms. The van der Waals surface area contributed by atoms with Gasteiger partial charge >= 0.3 is 0 Å². The maximum absolute atomic E-state index is 5.92.